The molecule has 0 aliphatic rings. The van der Waals surface area contributed by atoms with Gasteiger partial charge < -0.3 is 5.73 Å². The molecule has 0 aliphatic carbocycles. The summed E-state index contributed by atoms with van der Waals surface area (Å²) in [4.78, 5) is 21.0. The molecule has 0 spiro atoms. The summed E-state index contributed by atoms with van der Waals surface area (Å²) < 4.78 is 1.81. The fourth-order valence-electron chi connectivity index (χ4n) is 2.45. The molecule has 2 N–H and O–H groups in total. The van der Waals surface area contributed by atoms with Gasteiger partial charge in [-0.15, -0.1) is 11.8 Å². The molecular weight excluding hydrogens is 366 g/mol. The molecule has 1 unspecified atom stereocenters. The number of amides is 1. The van der Waals surface area contributed by atoms with Crippen molar-refractivity contribution >= 4 is 40.5 Å². The predicted octanol–water partition coefficient (Wildman–Crippen LogP) is 3.67. The standard InChI is InChI=1S/C18H21N5OS2/c1-3-10-25-17-13-11-20-23(12-8-6-5-7-9-12)16(13)21-18(22-17)26-14(4-2)15(19)24/h5-9,11,14H,3-4,10H2,1-2H3,(H2,19,24). The van der Waals surface area contributed by atoms with Crippen LogP contribution in [0.2, 0.25) is 0 Å². The Morgan fingerprint density at radius 2 is 2.00 bits per heavy atom. The number of fused-ring (bicyclic) bond motifs is 1. The quantitative estimate of drug-likeness (QED) is 0.360. The van der Waals surface area contributed by atoms with Crippen LogP contribution in [0.15, 0.2) is 46.7 Å². The lowest BCUT2D eigenvalue weighted by Crippen LogP contribution is -2.25. The Labute approximate surface area is 161 Å². The highest BCUT2D eigenvalue weighted by Gasteiger charge is 2.20. The van der Waals surface area contributed by atoms with Crippen molar-refractivity contribution in [3.8, 4) is 5.69 Å². The van der Waals surface area contributed by atoms with Crippen molar-refractivity contribution < 1.29 is 4.79 Å². The number of aromatic nitrogens is 4. The van der Waals surface area contributed by atoms with E-state index in [4.69, 9.17) is 5.73 Å². The first-order valence-corrected chi connectivity index (χ1v) is 10.4. The van der Waals surface area contributed by atoms with Crippen LogP contribution in [0.5, 0.6) is 0 Å². The number of thioether (sulfide) groups is 2. The number of carbonyl (C=O) groups excluding carboxylic acids is 1. The van der Waals surface area contributed by atoms with Gasteiger partial charge in [0.05, 0.1) is 22.5 Å². The van der Waals surface area contributed by atoms with Crippen LogP contribution >= 0.6 is 23.5 Å². The largest absolute Gasteiger partial charge is 0.369 e. The van der Waals surface area contributed by atoms with E-state index in [0.29, 0.717) is 11.6 Å². The zero-order valence-corrected chi connectivity index (χ0v) is 16.4. The van der Waals surface area contributed by atoms with Crippen molar-refractivity contribution in [2.45, 2.75) is 42.1 Å². The molecule has 8 heteroatoms. The number of hydrogen-bond acceptors (Lipinski definition) is 6. The number of benzene rings is 1. The van der Waals surface area contributed by atoms with E-state index in [1.807, 2.05) is 41.9 Å². The molecule has 3 aromatic rings. The average molecular weight is 388 g/mol. The maximum Gasteiger partial charge on any atom is 0.231 e. The van der Waals surface area contributed by atoms with Crippen LogP contribution < -0.4 is 5.73 Å². The van der Waals surface area contributed by atoms with E-state index in [-0.39, 0.29) is 11.2 Å². The monoisotopic (exact) mass is 387 g/mol. The lowest BCUT2D eigenvalue weighted by atomic mass is 10.3. The first kappa shape index (κ1) is 18.7. The first-order valence-electron chi connectivity index (χ1n) is 8.54. The van der Waals surface area contributed by atoms with Crippen LogP contribution in [0, 0.1) is 0 Å². The summed E-state index contributed by atoms with van der Waals surface area (Å²) in [7, 11) is 0. The van der Waals surface area contributed by atoms with Gasteiger partial charge in [-0.25, -0.2) is 14.6 Å². The van der Waals surface area contributed by atoms with E-state index >= 15 is 0 Å². The number of nitrogens with two attached hydrogens (primary N) is 1. The molecule has 0 saturated carbocycles. The Morgan fingerprint density at radius 3 is 2.65 bits per heavy atom. The Kier molecular flexibility index (Phi) is 6.16. The minimum absolute atomic E-state index is 0.343. The van der Waals surface area contributed by atoms with Gasteiger partial charge in [0.15, 0.2) is 10.8 Å². The highest BCUT2D eigenvalue weighted by Crippen LogP contribution is 2.31. The molecular formula is C18H21N5OS2. The van der Waals surface area contributed by atoms with Gasteiger partial charge in [-0.05, 0) is 30.7 Å². The Bertz CT molecular complexity index is 897. The second-order valence-electron chi connectivity index (χ2n) is 5.71. The smallest absolute Gasteiger partial charge is 0.231 e. The van der Waals surface area contributed by atoms with Crippen LogP contribution in [0.4, 0.5) is 0 Å². The molecule has 6 nitrogen and oxygen atoms in total. The topological polar surface area (TPSA) is 86.7 Å². The highest BCUT2D eigenvalue weighted by molar-refractivity contribution is 8.00. The minimum atomic E-state index is -0.347. The molecule has 0 radical (unpaired) electrons. The molecule has 2 heterocycles. The molecule has 2 aromatic heterocycles. The third-order valence-electron chi connectivity index (χ3n) is 3.75. The van der Waals surface area contributed by atoms with Crippen molar-refractivity contribution in [1.82, 2.24) is 19.7 Å². The lowest BCUT2D eigenvalue weighted by molar-refractivity contribution is -0.117. The van der Waals surface area contributed by atoms with Gasteiger partial charge in [0.25, 0.3) is 0 Å². The van der Waals surface area contributed by atoms with Gasteiger partial charge in [-0.3, -0.25) is 4.79 Å². The summed E-state index contributed by atoms with van der Waals surface area (Å²) in [5.74, 6) is 0.611. The van der Waals surface area contributed by atoms with Gasteiger partial charge in [-0.1, -0.05) is 43.8 Å². The van der Waals surface area contributed by atoms with Gasteiger partial charge in [0.1, 0.15) is 5.03 Å². The number of carbonyl (C=O) groups is 1. The SMILES string of the molecule is CCCSc1nc(SC(CC)C(N)=O)nc2c1cnn2-c1ccccc1. The van der Waals surface area contributed by atoms with E-state index in [1.165, 1.54) is 11.8 Å². The van der Waals surface area contributed by atoms with E-state index in [0.717, 1.165) is 33.9 Å². The fraction of sp³-hybridized carbons (Fsp3) is 0.333. The van der Waals surface area contributed by atoms with Crippen LogP contribution in [0.1, 0.15) is 26.7 Å². The van der Waals surface area contributed by atoms with E-state index in [2.05, 4.69) is 22.0 Å². The summed E-state index contributed by atoms with van der Waals surface area (Å²) >= 11 is 3.00. The second kappa shape index (κ2) is 8.55. The maximum absolute atomic E-state index is 11.6. The summed E-state index contributed by atoms with van der Waals surface area (Å²) in [6, 6.07) is 9.86. The van der Waals surface area contributed by atoms with Gasteiger partial charge >= 0.3 is 0 Å². The molecule has 1 aromatic carbocycles. The number of hydrogen-bond donors (Lipinski definition) is 1. The van der Waals surface area contributed by atoms with Crippen LogP contribution in [0.25, 0.3) is 16.7 Å². The molecule has 0 aliphatic heterocycles. The number of nitrogens with zero attached hydrogens (tertiary/aromatic N) is 4. The Hall–Kier alpha value is -2.06. The summed E-state index contributed by atoms with van der Waals surface area (Å²) in [5, 5.41) is 6.53. The van der Waals surface area contributed by atoms with E-state index in [1.54, 1.807) is 18.0 Å². The summed E-state index contributed by atoms with van der Waals surface area (Å²) in [6.07, 6.45) is 3.49. The Morgan fingerprint density at radius 1 is 1.23 bits per heavy atom. The molecule has 26 heavy (non-hydrogen) atoms. The second-order valence-corrected chi connectivity index (χ2v) is 7.96. The zero-order valence-electron chi connectivity index (χ0n) is 14.8. The summed E-state index contributed by atoms with van der Waals surface area (Å²) in [6.45, 7) is 4.07. The molecule has 0 fully saturated rings. The molecule has 136 valence electrons. The fourth-order valence-corrected chi connectivity index (χ4v) is 4.18. The van der Waals surface area contributed by atoms with Crippen LogP contribution in [-0.4, -0.2) is 36.7 Å². The zero-order chi connectivity index (χ0) is 18.5. The number of rotatable bonds is 8. The predicted molar refractivity (Wildman–Crippen MR) is 107 cm³/mol. The first-order chi connectivity index (χ1) is 12.6. The van der Waals surface area contributed by atoms with Crippen molar-refractivity contribution in [2.75, 3.05) is 5.75 Å². The van der Waals surface area contributed by atoms with Crippen molar-refractivity contribution in [1.29, 1.82) is 0 Å². The minimum Gasteiger partial charge on any atom is -0.369 e. The maximum atomic E-state index is 11.6. The van der Waals surface area contributed by atoms with Gasteiger partial charge in [0, 0.05) is 0 Å². The molecule has 1 amide bonds. The third-order valence-corrected chi connectivity index (χ3v) is 6.19. The molecule has 0 bridgehead atoms. The van der Waals surface area contributed by atoms with E-state index < -0.39 is 0 Å². The Balaban J connectivity index is 2.09. The van der Waals surface area contributed by atoms with Gasteiger partial charge in [0.2, 0.25) is 5.91 Å². The third kappa shape index (κ3) is 4.02. The van der Waals surface area contributed by atoms with Crippen molar-refractivity contribution in [2.24, 2.45) is 5.73 Å². The number of para-hydroxylation sites is 1. The molecule has 3 rings (SSSR count). The number of primary amides is 1. The van der Waals surface area contributed by atoms with Gasteiger partial charge in [-0.2, -0.15) is 5.10 Å². The van der Waals surface area contributed by atoms with Crippen molar-refractivity contribution in [3.05, 3.63) is 36.5 Å². The molecule has 1 atom stereocenters. The van der Waals surface area contributed by atoms with Crippen LogP contribution in [0.3, 0.4) is 0 Å². The lowest BCUT2D eigenvalue weighted by Gasteiger charge is -2.11. The van der Waals surface area contributed by atoms with E-state index in [9.17, 15) is 4.79 Å². The average Bonchev–Trinajstić information content (AvgIpc) is 3.08. The van der Waals surface area contributed by atoms with Crippen LogP contribution in [-0.2, 0) is 4.79 Å². The van der Waals surface area contributed by atoms with Crippen molar-refractivity contribution in [3.63, 3.8) is 0 Å². The normalized spacial score (nSPS) is 12.4. The molecule has 0 saturated heterocycles. The summed E-state index contributed by atoms with van der Waals surface area (Å²) in [5.41, 5.74) is 7.17. The highest BCUT2D eigenvalue weighted by atomic mass is 32.2.